The van der Waals surface area contributed by atoms with E-state index >= 15 is 0 Å². The number of aromatic nitrogens is 2. The Balaban J connectivity index is 1.41. The van der Waals surface area contributed by atoms with Crippen LogP contribution in [0.25, 0.3) is 11.0 Å². The van der Waals surface area contributed by atoms with Crippen molar-refractivity contribution in [1.29, 1.82) is 0 Å². The summed E-state index contributed by atoms with van der Waals surface area (Å²) >= 11 is 0. The fraction of sp³-hybridized carbons (Fsp3) is 0.579. The molecule has 128 valence electrons. The van der Waals surface area contributed by atoms with Gasteiger partial charge in [0.1, 0.15) is 11.9 Å². The van der Waals surface area contributed by atoms with Crippen LogP contribution in [0.2, 0.25) is 0 Å². The van der Waals surface area contributed by atoms with Gasteiger partial charge in [0.25, 0.3) is 5.91 Å². The number of likely N-dealkylation sites (tertiary alicyclic amines) is 1. The van der Waals surface area contributed by atoms with E-state index in [1.54, 1.807) is 0 Å². The van der Waals surface area contributed by atoms with Crippen LogP contribution >= 0.6 is 0 Å². The minimum atomic E-state index is -0.333. The summed E-state index contributed by atoms with van der Waals surface area (Å²) < 4.78 is 5.76. The third-order valence-corrected chi connectivity index (χ3v) is 5.15. The van der Waals surface area contributed by atoms with Crippen molar-refractivity contribution >= 4 is 16.9 Å². The summed E-state index contributed by atoms with van der Waals surface area (Å²) in [6.07, 6.45) is 4.25. The number of carbonyl (C=O) groups is 1. The highest BCUT2D eigenvalue weighted by molar-refractivity contribution is 5.80. The fourth-order valence-corrected chi connectivity index (χ4v) is 3.46. The molecule has 0 spiro atoms. The summed E-state index contributed by atoms with van der Waals surface area (Å²) in [5.74, 6) is 2.09. The van der Waals surface area contributed by atoms with Gasteiger partial charge in [-0.3, -0.25) is 4.79 Å². The molecule has 1 saturated heterocycles. The van der Waals surface area contributed by atoms with Gasteiger partial charge in [-0.1, -0.05) is 12.1 Å². The molecule has 0 unspecified atom stereocenters. The van der Waals surface area contributed by atoms with Crippen molar-refractivity contribution in [3.63, 3.8) is 0 Å². The number of benzene rings is 1. The Labute approximate surface area is 142 Å². The number of nitrogens with one attached hydrogen (secondary N) is 1. The highest BCUT2D eigenvalue weighted by atomic mass is 16.5. The van der Waals surface area contributed by atoms with Crippen LogP contribution in [0.15, 0.2) is 24.3 Å². The lowest BCUT2D eigenvalue weighted by Gasteiger charge is -2.33. The van der Waals surface area contributed by atoms with Crippen LogP contribution in [0.4, 0.5) is 0 Å². The Kier molecular flexibility index (Phi) is 4.27. The number of hydrogen-bond acceptors (Lipinski definition) is 3. The van der Waals surface area contributed by atoms with Crippen LogP contribution in [-0.2, 0) is 9.53 Å². The minimum Gasteiger partial charge on any atom is -0.368 e. The largest absolute Gasteiger partial charge is 0.368 e. The van der Waals surface area contributed by atoms with Crippen molar-refractivity contribution in [3.05, 3.63) is 30.1 Å². The molecule has 2 heterocycles. The van der Waals surface area contributed by atoms with Crippen LogP contribution in [0.5, 0.6) is 0 Å². The van der Waals surface area contributed by atoms with E-state index in [9.17, 15) is 4.79 Å². The van der Waals surface area contributed by atoms with Crippen molar-refractivity contribution in [1.82, 2.24) is 14.9 Å². The van der Waals surface area contributed by atoms with E-state index in [2.05, 4.69) is 4.98 Å². The molecule has 2 fully saturated rings. The number of fused-ring (bicyclic) bond motifs is 1. The molecule has 1 aromatic carbocycles. The lowest BCUT2D eigenvalue weighted by molar-refractivity contribution is -0.144. The molecule has 1 amide bonds. The van der Waals surface area contributed by atoms with Crippen LogP contribution in [0, 0.1) is 5.92 Å². The molecule has 0 bridgehead atoms. The van der Waals surface area contributed by atoms with Gasteiger partial charge in [-0.05, 0) is 50.7 Å². The number of nitrogens with zero attached hydrogens (tertiary/aromatic N) is 2. The highest BCUT2D eigenvalue weighted by Crippen LogP contribution is 2.30. The number of para-hydroxylation sites is 2. The number of H-pyrrole nitrogens is 1. The average Bonchev–Trinajstić information content (AvgIpc) is 3.35. The minimum absolute atomic E-state index is 0.122. The monoisotopic (exact) mass is 327 g/mol. The second-order valence-corrected chi connectivity index (χ2v) is 7.18. The van der Waals surface area contributed by atoms with Crippen LogP contribution in [-0.4, -0.2) is 46.6 Å². The van der Waals surface area contributed by atoms with Gasteiger partial charge < -0.3 is 14.6 Å². The van der Waals surface area contributed by atoms with Gasteiger partial charge >= 0.3 is 0 Å². The maximum atomic E-state index is 12.7. The maximum absolute atomic E-state index is 12.7. The number of amides is 1. The quantitative estimate of drug-likeness (QED) is 0.918. The summed E-state index contributed by atoms with van der Waals surface area (Å²) in [4.78, 5) is 22.7. The van der Waals surface area contributed by atoms with Gasteiger partial charge in [-0.25, -0.2) is 4.98 Å². The lowest BCUT2D eigenvalue weighted by atomic mass is 9.97. The topological polar surface area (TPSA) is 58.2 Å². The number of aromatic amines is 1. The molecule has 1 aliphatic carbocycles. The first-order valence-corrected chi connectivity index (χ1v) is 9.06. The summed E-state index contributed by atoms with van der Waals surface area (Å²) in [6.45, 7) is 4.17. The number of carbonyl (C=O) groups excluding carboxylic acids is 1. The Morgan fingerprint density at radius 1 is 1.38 bits per heavy atom. The number of ether oxygens (including phenoxy) is 1. The zero-order valence-electron chi connectivity index (χ0n) is 14.2. The number of hydrogen-bond donors (Lipinski definition) is 1. The Bertz CT molecular complexity index is 689. The maximum Gasteiger partial charge on any atom is 0.251 e. The van der Waals surface area contributed by atoms with Crippen molar-refractivity contribution in [3.8, 4) is 0 Å². The molecule has 0 radical (unpaired) electrons. The number of piperidine rings is 1. The summed E-state index contributed by atoms with van der Waals surface area (Å²) in [5.41, 5.74) is 2.06. The van der Waals surface area contributed by atoms with E-state index in [1.165, 1.54) is 12.8 Å². The van der Waals surface area contributed by atoms with Gasteiger partial charge in [0.2, 0.25) is 0 Å². The third kappa shape index (κ3) is 3.31. The van der Waals surface area contributed by atoms with E-state index in [-0.39, 0.29) is 17.9 Å². The van der Waals surface area contributed by atoms with Crippen molar-refractivity contribution < 1.29 is 9.53 Å². The van der Waals surface area contributed by atoms with Crippen LogP contribution < -0.4 is 0 Å². The molecule has 1 aliphatic heterocycles. The van der Waals surface area contributed by atoms with Crippen molar-refractivity contribution in [2.24, 2.45) is 5.92 Å². The third-order valence-electron chi connectivity index (χ3n) is 5.15. The fourth-order valence-electron chi connectivity index (χ4n) is 3.46. The van der Waals surface area contributed by atoms with Crippen molar-refractivity contribution in [2.75, 3.05) is 19.7 Å². The standard InChI is InChI=1S/C19H25N3O2/c1-13(24-12-14-8-9-14)19(23)22-10-4-5-15(11-22)18-20-16-6-2-3-7-17(16)21-18/h2-3,6-7,13-15H,4-5,8-12H2,1H3,(H,20,21)/t13-,15+/m1/s1. The van der Waals surface area contributed by atoms with E-state index in [4.69, 9.17) is 9.72 Å². The zero-order chi connectivity index (χ0) is 16.5. The number of imidazole rings is 1. The molecule has 1 saturated carbocycles. The molecule has 2 aliphatic rings. The normalized spacial score (nSPS) is 22.7. The van der Waals surface area contributed by atoms with E-state index in [0.29, 0.717) is 5.92 Å². The first-order chi connectivity index (χ1) is 11.7. The summed E-state index contributed by atoms with van der Waals surface area (Å²) in [7, 11) is 0. The predicted octanol–water partition coefficient (Wildman–Crippen LogP) is 3.08. The molecule has 24 heavy (non-hydrogen) atoms. The molecular formula is C19H25N3O2. The Morgan fingerprint density at radius 2 is 2.21 bits per heavy atom. The molecular weight excluding hydrogens is 302 g/mol. The average molecular weight is 327 g/mol. The summed E-state index contributed by atoms with van der Waals surface area (Å²) in [5, 5.41) is 0. The Morgan fingerprint density at radius 3 is 3.00 bits per heavy atom. The second kappa shape index (κ2) is 6.55. The molecule has 1 N–H and O–H groups in total. The van der Waals surface area contributed by atoms with Gasteiger partial charge in [-0.15, -0.1) is 0 Å². The van der Waals surface area contributed by atoms with Gasteiger partial charge in [-0.2, -0.15) is 0 Å². The molecule has 1 aromatic heterocycles. The smallest absolute Gasteiger partial charge is 0.251 e. The molecule has 2 aromatic rings. The molecule has 4 rings (SSSR count). The van der Waals surface area contributed by atoms with Gasteiger partial charge in [0.15, 0.2) is 0 Å². The first kappa shape index (κ1) is 15.6. The first-order valence-electron chi connectivity index (χ1n) is 9.06. The van der Waals surface area contributed by atoms with E-state index in [0.717, 1.165) is 49.4 Å². The van der Waals surface area contributed by atoms with E-state index in [1.807, 2.05) is 36.1 Å². The molecule has 5 heteroatoms. The lowest BCUT2D eigenvalue weighted by Crippen LogP contribution is -2.44. The van der Waals surface area contributed by atoms with E-state index < -0.39 is 0 Å². The predicted molar refractivity (Wildman–Crippen MR) is 92.8 cm³/mol. The second-order valence-electron chi connectivity index (χ2n) is 7.18. The SMILES string of the molecule is C[C@@H](OCC1CC1)C(=O)N1CCC[C@H](c2nc3ccccc3[nH]2)C1. The van der Waals surface area contributed by atoms with Gasteiger partial charge in [0, 0.05) is 19.0 Å². The molecule has 5 nitrogen and oxygen atoms in total. The summed E-state index contributed by atoms with van der Waals surface area (Å²) in [6, 6.07) is 8.09. The molecule has 2 atom stereocenters. The zero-order valence-corrected chi connectivity index (χ0v) is 14.2. The van der Waals surface area contributed by atoms with Gasteiger partial charge in [0.05, 0.1) is 17.6 Å². The van der Waals surface area contributed by atoms with Crippen molar-refractivity contribution in [2.45, 2.75) is 44.6 Å². The van der Waals surface area contributed by atoms with Crippen LogP contribution in [0.1, 0.15) is 44.3 Å². The van der Waals surface area contributed by atoms with Crippen LogP contribution in [0.3, 0.4) is 0 Å². The Hall–Kier alpha value is -1.88. The highest BCUT2D eigenvalue weighted by Gasteiger charge is 2.30. The number of rotatable bonds is 5.